The van der Waals surface area contributed by atoms with E-state index in [4.69, 9.17) is 4.74 Å². The first-order valence-corrected chi connectivity index (χ1v) is 17.2. The Labute approximate surface area is 265 Å². The largest absolute Gasteiger partial charge is 0.462 e. The number of ketones is 1. The van der Waals surface area contributed by atoms with Gasteiger partial charge in [-0.15, -0.1) is 0 Å². The molecule has 1 amide bonds. The number of fused-ring (bicyclic) bond motifs is 7. The Morgan fingerprint density at radius 3 is 2.25 bits per heavy atom. The normalized spacial score (nSPS) is 44.2. The van der Waals surface area contributed by atoms with Gasteiger partial charge in [-0.25, -0.2) is 0 Å². The van der Waals surface area contributed by atoms with Crippen LogP contribution in [0, 0.1) is 57.2 Å². The zero-order valence-electron chi connectivity index (χ0n) is 28.7. The molecule has 4 saturated carbocycles. The van der Waals surface area contributed by atoms with Gasteiger partial charge >= 0.3 is 5.97 Å². The molecule has 0 aliphatic heterocycles. The molecule has 1 aromatic carbocycles. The van der Waals surface area contributed by atoms with E-state index in [1.165, 1.54) is 12.5 Å². The van der Waals surface area contributed by atoms with Crippen LogP contribution in [0.3, 0.4) is 0 Å². The molecular weight excluding hydrogens is 546 g/mol. The molecule has 9 atom stereocenters. The molecule has 4 fully saturated rings. The number of hydrogen-bond donors (Lipinski definition) is 1. The molecule has 5 nitrogen and oxygen atoms in total. The van der Waals surface area contributed by atoms with Crippen molar-refractivity contribution in [2.75, 3.05) is 5.32 Å². The highest BCUT2D eigenvalue weighted by atomic mass is 16.5. The van der Waals surface area contributed by atoms with E-state index in [0.717, 1.165) is 69.0 Å². The lowest BCUT2D eigenvalue weighted by molar-refractivity contribution is -0.210. The molecule has 5 aliphatic carbocycles. The summed E-state index contributed by atoms with van der Waals surface area (Å²) in [6, 6.07) is 8.01. The van der Waals surface area contributed by atoms with Crippen molar-refractivity contribution in [1.82, 2.24) is 0 Å². The minimum Gasteiger partial charge on any atom is -0.462 e. The van der Waals surface area contributed by atoms with E-state index in [2.05, 4.69) is 59.9 Å². The average Bonchev–Trinajstić information content (AvgIpc) is 2.93. The quantitative estimate of drug-likeness (QED) is 0.351. The first kappa shape index (κ1) is 31.5. The molecule has 5 aliphatic rings. The summed E-state index contributed by atoms with van der Waals surface area (Å²) in [6.07, 6.45) is 10.6. The van der Waals surface area contributed by atoms with Crippen molar-refractivity contribution in [2.45, 2.75) is 126 Å². The fourth-order valence-corrected chi connectivity index (χ4v) is 11.8. The predicted molar refractivity (Wildman–Crippen MR) is 175 cm³/mol. The van der Waals surface area contributed by atoms with Crippen LogP contribution >= 0.6 is 0 Å². The van der Waals surface area contributed by atoms with Gasteiger partial charge in [0.15, 0.2) is 5.78 Å². The van der Waals surface area contributed by atoms with Gasteiger partial charge in [0.1, 0.15) is 6.10 Å². The van der Waals surface area contributed by atoms with Crippen LogP contribution in [-0.4, -0.2) is 23.8 Å². The topological polar surface area (TPSA) is 72.5 Å². The molecule has 240 valence electrons. The van der Waals surface area contributed by atoms with Crippen molar-refractivity contribution in [2.24, 2.45) is 50.2 Å². The second-order valence-corrected chi connectivity index (χ2v) is 17.5. The van der Waals surface area contributed by atoms with Gasteiger partial charge in [-0.2, -0.15) is 0 Å². The standard InChI is InChI=1S/C39H55NO4/c1-24-12-10-11-13-28(24)40-33(43)36(6)19-18-35(5)20-21-38(8)26(27(35)23-36)22-29(42)32-37(7)16-15-31(44-25(2)41)34(3,4)30(37)14-17-39(32,38)9/h10-13,22,27,30-32H,14-21,23H2,1-9H3,(H,40,43)/t27-,30-,31-,32-,35-,36+,37-,38+,39-/m0/s1. The SMILES string of the molecule is CC(=O)O[C@H]1CC[C@@]2(C)[C@@H](CC[C@@]3(C)[C@H]2C(=O)C=C2[C@@H]4C[C@](C)(C(=O)Nc5ccccc5C)CC[C@@]4(C)CC[C@]23C)C1(C)C. The summed E-state index contributed by atoms with van der Waals surface area (Å²) >= 11 is 0. The average molecular weight is 602 g/mol. The summed E-state index contributed by atoms with van der Waals surface area (Å²) in [5.74, 6) is 0.668. The van der Waals surface area contributed by atoms with E-state index in [-0.39, 0.29) is 56.9 Å². The van der Waals surface area contributed by atoms with E-state index in [9.17, 15) is 14.4 Å². The lowest BCUT2D eigenvalue weighted by Crippen LogP contribution is -2.66. The monoisotopic (exact) mass is 601 g/mol. The summed E-state index contributed by atoms with van der Waals surface area (Å²) in [6.45, 7) is 19.9. The number of amides is 1. The number of anilines is 1. The highest BCUT2D eigenvalue weighted by molar-refractivity contribution is 5.97. The lowest BCUT2D eigenvalue weighted by Gasteiger charge is -2.70. The van der Waals surface area contributed by atoms with Crippen LogP contribution < -0.4 is 5.32 Å². The third kappa shape index (κ3) is 4.33. The molecule has 0 heterocycles. The summed E-state index contributed by atoms with van der Waals surface area (Å²) in [4.78, 5) is 40.6. The number of ether oxygens (including phenoxy) is 1. The molecule has 0 bridgehead atoms. The molecular formula is C39H55NO4. The number of benzene rings is 1. The minimum atomic E-state index is -0.491. The number of aryl methyl sites for hydroxylation is 1. The van der Waals surface area contributed by atoms with E-state index in [1.807, 2.05) is 31.2 Å². The van der Waals surface area contributed by atoms with Gasteiger partial charge in [-0.1, -0.05) is 72.2 Å². The third-order valence-corrected chi connectivity index (χ3v) is 14.8. The Hall–Kier alpha value is -2.43. The first-order chi connectivity index (χ1) is 20.4. The number of esters is 1. The maximum absolute atomic E-state index is 14.7. The summed E-state index contributed by atoms with van der Waals surface area (Å²) in [7, 11) is 0. The smallest absolute Gasteiger partial charge is 0.302 e. The predicted octanol–water partition coefficient (Wildman–Crippen LogP) is 8.85. The first-order valence-electron chi connectivity index (χ1n) is 17.2. The van der Waals surface area contributed by atoms with E-state index in [0.29, 0.717) is 11.7 Å². The second kappa shape index (κ2) is 10.0. The summed E-state index contributed by atoms with van der Waals surface area (Å²) in [5.41, 5.74) is 2.32. The lowest BCUT2D eigenvalue weighted by atomic mass is 9.33. The van der Waals surface area contributed by atoms with Crippen molar-refractivity contribution in [3.8, 4) is 0 Å². The number of nitrogens with one attached hydrogen (secondary N) is 1. The van der Waals surface area contributed by atoms with Crippen LogP contribution in [0.5, 0.6) is 0 Å². The fraction of sp³-hybridized carbons (Fsp3) is 0.718. The van der Waals surface area contributed by atoms with Crippen LogP contribution in [-0.2, 0) is 19.1 Å². The number of carbonyl (C=O) groups excluding carboxylic acids is 3. The minimum absolute atomic E-state index is 0.0521. The molecule has 0 unspecified atom stereocenters. The highest BCUT2D eigenvalue weighted by Crippen LogP contribution is 2.75. The van der Waals surface area contributed by atoms with Crippen molar-refractivity contribution < 1.29 is 19.1 Å². The summed E-state index contributed by atoms with van der Waals surface area (Å²) in [5, 5.41) is 3.27. The second-order valence-electron chi connectivity index (χ2n) is 17.5. The molecule has 1 N–H and O–H groups in total. The molecule has 44 heavy (non-hydrogen) atoms. The van der Waals surface area contributed by atoms with Crippen molar-refractivity contribution in [3.05, 3.63) is 41.5 Å². The van der Waals surface area contributed by atoms with Gasteiger partial charge in [-0.05, 0) is 116 Å². The Bertz CT molecular complexity index is 1430. The van der Waals surface area contributed by atoms with E-state index < -0.39 is 5.41 Å². The Morgan fingerprint density at radius 1 is 0.886 bits per heavy atom. The maximum atomic E-state index is 14.7. The zero-order chi connectivity index (χ0) is 32.1. The van der Waals surface area contributed by atoms with Crippen LogP contribution in [0.15, 0.2) is 35.9 Å². The van der Waals surface area contributed by atoms with Crippen LogP contribution in [0.2, 0.25) is 0 Å². The number of allylic oxidation sites excluding steroid dienone is 2. The van der Waals surface area contributed by atoms with Gasteiger partial charge in [0, 0.05) is 29.4 Å². The maximum Gasteiger partial charge on any atom is 0.302 e. The van der Waals surface area contributed by atoms with Crippen LogP contribution in [0.1, 0.15) is 119 Å². The molecule has 0 radical (unpaired) electrons. The van der Waals surface area contributed by atoms with Crippen molar-refractivity contribution in [3.63, 3.8) is 0 Å². The third-order valence-electron chi connectivity index (χ3n) is 14.8. The van der Waals surface area contributed by atoms with E-state index >= 15 is 0 Å². The van der Waals surface area contributed by atoms with Gasteiger partial charge in [0.05, 0.1) is 0 Å². The number of para-hydroxylation sites is 1. The zero-order valence-corrected chi connectivity index (χ0v) is 28.7. The summed E-state index contributed by atoms with van der Waals surface area (Å²) < 4.78 is 5.88. The Balaban J connectivity index is 1.35. The molecule has 0 aromatic heterocycles. The fourth-order valence-electron chi connectivity index (χ4n) is 11.8. The number of rotatable bonds is 3. The van der Waals surface area contributed by atoms with Crippen molar-refractivity contribution in [1.29, 1.82) is 0 Å². The van der Waals surface area contributed by atoms with Gasteiger partial charge in [0.2, 0.25) is 5.91 Å². The molecule has 0 spiro atoms. The van der Waals surface area contributed by atoms with Gasteiger partial charge in [0.25, 0.3) is 0 Å². The molecule has 1 aromatic rings. The molecule has 6 rings (SSSR count). The molecule has 5 heteroatoms. The number of hydrogen-bond acceptors (Lipinski definition) is 4. The Kier molecular flexibility index (Phi) is 7.19. The van der Waals surface area contributed by atoms with Gasteiger partial charge < -0.3 is 10.1 Å². The van der Waals surface area contributed by atoms with E-state index in [1.54, 1.807) is 0 Å². The van der Waals surface area contributed by atoms with Crippen LogP contribution in [0.25, 0.3) is 0 Å². The van der Waals surface area contributed by atoms with Crippen molar-refractivity contribution >= 4 is 23.3 Å². The van der Waals surface area contributed by atoms with Crippen LogP contribution in [0.4, 0.5) is 5.69 Å². The van der Waals surface area contributed by atoms with Gasteiger partial charge in [-0.3, -0.25) is 14.4 Å². The highest BCUT2D eigenvalue weighted by Gasteiger charge is 2.70. The Morgan fingerprint density at radius 2 is 1.57 bits per heavy atom. The molecule has 0 saturated heterocycles. The number of carbonyl (C=O) groups is 3.